The van der Waals surface area contributed by atoms with Crippen LogP contribution in [0.25, 0.3) is 0 Å². The molecule has 1 aliphatic heterocycles. The van der Waals surface area contributed by atoms with E-state index in [2.05, 4.69) is 35.6 Å². The molecule has 1 unspecified atom stereocenters. The maximum Gasteiger partial charge on any atom is 0.128 e. The van der Waals surface area contributed by atoms with Gasteiger partial charge >= 0.3 is 0 Å². The minimum absolute atomic E-state index is 0.103. The summed E-state index contributed by atoms with van der Waals surface area (Å²) >= 11 is 0. The number of rotatable bonds is 2. The Labute approximate surface area is 142 Å². The number of pyridine rings is 1. The van der Waals surface area contributed by atoms with Gasteiger partial charge in [-0.1, -0.05) is 31.8 Å². The Balaban J connectivity index is 1.73. The Hall–Kier alpha value is -2.38. The number of hydrogen-bond acceptors (Lipinski definition) is 3. The first-order valence-electron chi connectivity index (χ1n) is 7.99. The summed E-state index contributed by atoms with van der Waals surface area (Å²) in [6, 6.07) is 10.2. The molecule has 2 aromatic rings. The number of methoxy groups -OCH3 is 1. The van der Waals surface area contributed by atoms with Crippen LogP contribution in [0.4, 0.5) is 10.2 Å². The van der Waals surface area contributed by atoms with Gasteiger partial charge in [-0.15, -0.1) is 0 Å². The summed E-state index contributed by atoms with van der Waals surface area (Å²) in [6.07, 6.45) is 1.96. The van der Waals surface area contributed by atoms with Crippen LogP contribution in [0.1, 0.15) is 25.0 Å². The minimum atomic E-state index is -0.278. The van der Waals surface area contributed by atoms with Crippen molar-refractivity contribution < 1.29 is 9.13 Å². The average Bonchev–Trinajstić information content (AvgIpc) is 2.88. The lowest BCUT2D eigenvalue weighted by Gasteiger charge is -2.23. The fourth-order valence-corrected chi connectivity index (χ4v) is 3.03. The smallest absolute Gasteiger partial charge is 0.128 e. The van der Waals surface area contributed by atoms with Gasteiger partial charge < -0.3 is 9.64 Å². The van der Waals surface area contributed by atoms with Gasteiger partial charge in [0.1, 0.15) is 11.6 Å². The van der Waals surface area contributed by atoms with Gasteiger partial charge in [-0.25, -0.2) is 9.37 Å². The first-order valence-corrected chi connectivity index (χ1v) is 7.99. The molecule has 24 heavy (non-hydrogen) atoms. The molecule has 0 aliphatic carbocycles. The number of benzene rings is 1. The van der Waals surface area contributed by atoms with E-state index in [0.29, 0.717) is 5.56 Å². The number of halogens is 1. The largest absolute Gasteiger partial charge is 0.379 e. The minimum Gasteiger partial charge on any atom is -0.379 e. The highest BCUT2D eigenvalue weighted by atomic mass is 19.1. The summed E-state index contributed by atoms with van der Waals surface area (Å²) in [5.74, 6) is 6.63. The molecule has 0 radical (unpaired) electrons. The van der Waals surface area contributed by atoms with Crippen molar-refractivity contribution in [3.05, 3.63) is 59.5 Å². The third kappa shape index (κ3) is 3.58. The maximum atomic E-state index is 13.1. The lowest BCUT2D eigenvalue weighted by atomic mass is 9.90. The fourth-order valence-electron chi connectivity index (χ4n) is 3.03. The zero-order valence-corrected chi connectivity index (χ0v) is 14.2. The molecule has 3 rings (SSSR count). The van der Waals surface area contributed by atoms with Crippen LogP contribution in [0.5, 0.6) is 0 Å². The van der Waals surface area contributed by atoms with Crippen molar-refractivity contribution in [1.82, 2.24) is 4.98 Å². The number of ether oxygens (including phenoxy) is 1. The monoisotopic (exact) mass is 324 g/mol. The van der Waals surface area contributed by atoms with E-state index in [1.165, 1.54) is 12.1 Å². The molecular formula is C20H21FN2O. The zero-order chi connectivity index (χ0) is 17.2. The van der Waals surface area contributed by atoms with E-state index in [-0.39, 0.29) is 17.3 Å². The summed E-state index contributed by atoms with van der Waals surface area (Å²) in [4.78, 5) is 6.75. The Morgan fingerprint density at radius 1 is 1.21 bits per heavy atom. The van der Waals surface area contributed by atoms with Crippen LogP contribution < -0.4 is 4.90 Å². The Morgan fingerprint density at radius 3 is 2.62 bits per heavy atom. The van der Waals surface area contributed by atoms with Crippen LogP contribution in [-0.2, 0) is 4.74 Å². The standard InChI is InChI=1S/C20H21FN2O/c1-20(2)14-23(13-18(20)24-3)19-10-9-16(12-22-19)8-7-15-5-4-6-17(21)11-15/h4-6,9-12,18H,13-14H2,1-3H3. The number of hydrogen-bond donors (Lipinski definition) is 0. The van der Waals surface area contributed by atoms with E-state index in [9.17, 15) is 4.39 Å². The summed E-state index contributed by atoms with van der Waals surface area (Å²) in [5, 5.41) is 0. The molecule has 2 heterocycles. The molecule has 1 aliphatic rings. The molecule has 0 bridgehead atoms. The van der Waals surface area contributed by atoms with Crippen molar-refractivity contribution in [2.45, 2.75) is 20.0 Å². The lowest BCUT2D eigenvalue weighted by Crippen LogP contribution is -2.28. The molecule has 4 heteroatoms. The van der Waals surface area contributed by atoms with E-state index < -0.39 is 0 Å². The summed E-state index contributed by atoms with van der Waals surface area (Å²) in [6.45, 7) is 6.16. The second-order valence-corrected chi connectivity index (χ2v) is 6.76. The molecule has 0 amide bonds. The van der Waals surface area contributed by atoms with E-state index in [1.807, 2.05) is 12.1 Å². The topological polar surface area (TPSA) is 25.4 Å². The number of nitrogens with zero attached hydrogens (tertiary/aromatic N) is 2. The Morgan fingerprint density at radius 2 is 2.00 bits per heavy atom. The van der Waals surface area contributed by atoms with Gasteiger partial charge in [-0.3, -0.25) is 0 Å². The van der Waals surface area contributed by atoms with Crippen LogP contribution in [0, 0.1) is 23.1 Å². The molecule has 1 saturated heterocycles. The second-order valence-electron chi connectivity index (χ2n) is 6.76. The van der Waals surface area contributed by atoms with Crippen molar-refractivity contribution >= 4 is 5.82 Å². The molecule has 124 valence electrons. The molecule has 0 saturated carbocycles. The molecule has 0 spiro atoms. The van der Waals surface area contributed by atoms with Gasteiger partial charge in [0.2, 0.25) is 0 Å². The van der Waals surface area contributed by atoms with Gasteiger partial charge in [0.25, 0.3) is 0 Å². The Kier molecular flexibility index (Phi) is 4.55. The van der Waals surface area contributed by atoms with Crippen molar-refractivity contribution in [3.63, 3.8) is 0 Å². The predicted octanol–water partition coefficient (Wildman–Crippen LogP) is 3.48. The second kappa shape index (κ2) is 6.62. The molecule has 1 aromatic carbocycles. The van der Waals surface area contributed by atoms with E-state index >= 15 is 0 Å². The van der Waals surface area contributed by atoms with Crippen LogP contribution >= 0.6 is 0 Å². The first-order chi connectivity index (χ1) is 11.5. The highest BCUT2D eigenvalue weighted by Gasteiger charge is 2.39. The van der Waals surface area contributed by atoms with E-state index in [1.54, 1.807) is 25.4 Å². The van der Waals surface area contributed by atoms with Gasteiger partial charge in [0, 0.05) is 42.9 Å². The van der Waals surface area contributed by atoms with Gasteiger partial charge in [0.15, 0.2) is 0 Å². The number of anilines is 1. The summed E-state index contributed by atoms with van der Waals surface area (Å²) in [5.41, 5.74) is 1.57. The van der Waals surface area contributed by atoms with Crippen molar-refractivity contribution in [2.75, 3.05) is 25.1 Å². The molecule has 1 fully saturated rings. The Bertz CT molecular complexity index is 774. The SMILES string of the molecule is COC1CN(c2ccc(C#Cc3cccc(F)c3)cn2)CC1(C)C. The summed E-state index contributed by atoms with van der Waals surface area (Å²) in [7, 11) is 1.76. The number of aromatic nitrogens is 1. The highest BCUT2D eigenvalue weighted by Crippen LogP contribution is 2.33. The quantitative estimate of drug-likeness (QED) is 0.791. The summed E-state index contributed by atoms with van der Waals surface area (Å²) < 4.78 is 18.7. The molecule has 0 N–H and O–H groups in total. The predicted molar refractivity (Wildman–Crippen MR) is 93.4 cm³/mol. The van der Waals surface area contributed by atoms with Crippen LogP contribution in [-0.4, -0.2) is 31.3 Å². The van der Waals surface area contributed by atoms with Crippen LogP contribution in [0.3, 0.4) is 0 Å². The van der Waals surface area contributed by atoms with Gasteiger partial charge in [-0.05, 0) is 30.3 Å². The van der Waals surface area contributed by atoms with Crippen molar-refractivity contribution in [2.24, 2.45) is 5.41 Å². The van der Waals surface area contributed by atoms with Gasteiger partial charge in [0.05, 0.1) is 6.10 Å². The maximum absolute atomic E-state index is 13.1. The van der Waals surface area contributed by atoms with Gasteiger partial charge in [-0.2, -0.15) is 0 Å². The van der Waals surface area contributed by atoms with Crippen LogP contribution in [0.2, 0.25) is 0 Å². The third-order valence-electron chi connectivity index (χ3n) is 4.39. The zero-order valence-electron chi connectivity index (χ0n) is 14.2. The highest BCUT2D eigenvalue weighted by molar-refractivity contribution is 5.47. The third-order valence-corrected chi connectivity index (χ3v) is 4.39. The molecule has 1 aromatic heterocycles. The average molecular weight is 324 g/mol. The fraction of sp³-hybridized carbons (Fsp3) is 0.350. The van der Waals surface area contributed by atoms with E-state index in [0.717, 1.165) is 24.5 Å². The van der Waals surface area contributed by atoms with Crippen LogP contribution in [0.15, 0.2) is 42.6 Å². The van der Waals surface area contributed by atoms with Crippen molar-refractivity contribution in [3.8, 4) is 11.8 Å². The first kappa shape index (κ1) is 16.5. The molecule has 1 atom stereocenters. The lowest BCUT2D eigenvalue weighted by molar-refractivity contribution is 0.0445. The molecule has 3 nitrogen and oxygen atoms in total. The van der Waals surface area contributed by atoms with E-state index in [4.69, 9.17) is 4.74 Å². The molecular weight excluding hydrogens is 303 g/mol. The van der Waals surface area contributed by atoms with Crippen molar-refractivity contribution in [1.29, 1.82) is 0 Å². The normalized spacial score (nSPS) is 19.0.